The molecule has 1 aliphatic rings. The maximum absolute atomic E-state index is 13.3. The number of carbonyl (C=O) groups excluding carboxylic acids is 3. The van der Waals surface area contributed by atoms with E-state index in [2.05, 4.69) is 18.5 Å². The average molecular weight is 380 g/mol. The first-order valence-electron chi connectivity index (χ1n) is 9.26. The number of amides is 2. The van der Waals surface area contributed by atoms with E-state index in [1.807, 2.05) is 0 Å². The van der Waals surface area contributed by atoms with Crippen LogP contribution in [0, 0.1) is 0 Å². The molecule has 1 fully saturated rings. The molecule has 1 saturated heterocycles. The largest absolute Gasteiger partial charge is 0.467 e. The van der Waals surface area contributed by atoms with Crippen LogP contribution in [0.15, 0.2) is 25.3 Å². The third kappa shape index (κ3) is 6.73. The molecule has 27 heavy (non-hydrogen) atoms. The van der Waals surface area contributed by atoms with Gasteiger partial charge in [-0.2, -0.15) is 0 Å². The molecule has 0 aromatic rings. The number of hydrogen-bond acceptors (Lipinski definition) is 5. The summed E-state index contributed by atoms with van der Waals surface area (Å²) >= 11 is 0. The van der Waals surface area contributed by atoms with Crippen LogP contribution in [0.3, 0.4) is 0 Å². The summed E-state index contributed by atoms with van der Waals surface area (Å²) in [5.74, 6) is -0.797. The molecule has 0 radical (unpaired) electrons. The number of nitrogens with one attached hydrogen (secondary N) is 1. The summed E-state index contributed by atoms with van der Waals surface area (Å²) < 4.78 is 10.2. The van der Waals surface area contributed by atoms with Gasteiger partial charge >= 0.3 is 12.1 Å². The van der Waals surface area contributed by atoms with Gasteiger partial charge in [0.2, 0.25) is 5.91 Å². The van der Waals surface area contributed by atoms with E-state index in [0.717, 1.165) is 12.8 Å². The van der Waals surface area contributed by atoms with Crippen molar-refractivity contribution in [3.05, 3.63) is 25.3 Å². The second kappa shape index (κ2) is 10.1. The number of likely N-dealkylation sites (tertiary alicyclic amines) is 1. The predicted molar refractivity (Wildman–Crippen MR) is 103 cm³/mol. The topological polar surface area (TPSA) is 84.9 Å². The van der Waals surface area contributed by atoms with Gasteiger partial charge < -0.3 is 19.7 Å². The summed E-state index contributed by atoms with van der Waals surface area (Å²) in [5, 5.41) is 2.61. The van der Waals surface area contributed by atoms with Crippen LogP contribution < -0.4 is 5.32 Å². The standard InChI is InChI=1S/C20H32N2O5/c1-7-10-14-12-9-13-16(18(24)26-6)22(14)17(23)15(11-8-2)21-19(25)27-20(3,4)5/h7-8,14-16H,1-2,9-13H2,3-6H3,(H,21,25)/t14-,15-,16-/m0/s1. The zero-order valence-electron chi connectivity index (χ0n) is 16.8. The summed E-state index contributed by atoms with van der Waals surface area (Å²) in [6, 6.07) is -1.70. The molecular formula is C20H32N2O5. The second-order valence-corrected chi connectivity index (χ2v) is 7.62. The number of rotatable bonds is 7. The van der Waals surface area contributed by atoms with Crippen LogP contribution in [-0.4, -0.2) is 53.7 Å². The summed E-state index contributed by atoms with van der Waals surface area (Å²) in [6.07, 6.45) is 5.49. The minimum absolute atomic E-state index is 0.166. The average Bonchev–Trinajstić information content (AvgIpc) is 2.58. The highest BCUT2D eigenvalue weighted by Crippen LogP contribution is 2.27. The molecule has 2 amide bonds. The fourth-order valence-electron chi connectivity index (χ4n) is 3.22. The number of nitrogens with zero attached hydrogens (tertiary/aromatic N) is 1. The molecule has 7 heteroatoms. The van der Waals surface area contributed by atoms with E-state index in [4.69, 9.17) is 9.47 Å². The number of esters is 1. The van der Waals surface area contributed by atoms with Gasteiger partial charge in [0.1, 0.15) is 17.7 Å². The molecule has 0 bridgehead atoms. The highest BCUT2D eigenvalue weighted by molar-refractivity contribution is 5.90. The van der Waals surface area contributed by atoms with Gasteiger partial charge in [-0.05, 0) is 52.9 Å². The third-order valence-corrected chi connectivity index (χ3v) is 4.30. The van der Waals surface area contributed by atoms with Crippen LogP contribution >= 0.6 is 0 Å². The van der Waals surface area contributed by atoms with E-state index in [9.17, 15) is 14.4 Å². The number of alkyl carbamates (subject to hydrolysis) is 1. The van der Waals surface area contributed by atoms with Crippen molar-refractivity contribution in [2.24, 2.45) is 0 Å². The maximum atomic E-state index is 13.3. The number of hydrogen-bond donors (Lipinski definition) is 1. The Kier molecular flexibility index (Phi) is 8.53. The van der Waals surface area contributed by atoms with Crippen molar-refractivity contribution in [1.29, 1.82) is 0 Å². The lowest BCUT2D eigenvalue weighted by Crippen LogP contribution is -2.59. The van der Waals surface area contributed by atoms with Gasteiger partial charge in [0.25, 0.3) is 0 Å². The summed E-state index contributed by atoms with van der Waals surface area (Å²) in [7, 11) is 1.31. The molecule has 0 aromatic heterocycles. The van der Waals surface area contributed by atoms with E-state index >= 15 is 0 Å². The summed E-state index contributed by atoms with van der Waals surface area (Å²) in [4.78, 5) is 39.2. The Morgan fingerprint density at radius 3 is 2.41 bits per heavy atom. The van der Waals surface area contributed by atoms with Crippen molar-refractivity contribution in [2.45, 2.75) is 76.6 Å². The van der Waals surface area contributed by atoms with Crippen LogP contribution in [-0.2, 0) is 19.1 Å². The van der Waals surface area contributed by atoms with Crippen molar-refractivity contribution in [2.75, 3.05) is 7.11 Å². The number of carbonyl (C=O) groups is 3. The second-order valence-electron chi connectivity index (χ2n) is 7.62. The Labute approximate surface area is 161 Å². The monoisotopic (exact) mass is 380 g/mol. The molecule has 1 heterocycles. The summed E-state index contributed by atoms with van der Waals surface area (Å²) in [5.41, 5.74) is -0.684. The Morgan fingerprint density at radius 1 is 1.22 bits per heavy atom. The zero-order chi connectivity index (χ0) is 20.6. The lowest BCUT2D eigenvalue weighted by Gasteiger charge is -2.42. The van der Waals surface area contributed by atoms with Crippen LogP contribution in [0.5, 0.6) is 0 Å². The van der Waals surface area contributed by atoms with Gasteiger partial charge in [-0.3, -0.25) is 4.79 Å². The number of ether oxygens (including phenoxy) is 2. The molecule has 152 valence electrons. The molecular weight excluding hydrogens is 348 g/mol. The third-order valence-electron chi connectivity index (χ3n) is 4.30. The Balaban J connectivity index is 3.08. The normalized spacial score (nSPS) is 21.0. The molecule has 1 rings (SSSR count). The molecule has 0 aliphatic carbocycles. The Morgan fingerprint density at radius 2 is 1.89 bits per heavy atom. The summed E-state index contributed by atoms with van der Waals surface area (Å²) in [6.45, 7) is 12.6. The van der Waals surface area contributed by atoms with Crippen LogP contribution in [0.1, 0.15) is 52.9 Å². The molecule has 7 nitrogen and oxygen atoms in total. The van der Waals surface area contributed by atoms with E-state index in [1.54, 1.807) is 37.8 Å². The highest BCUT2D eigenvalue weighted by Gasteiger charge is 2.41. The van der Waals surface area contributed by atoms with Crippen molar-refractivity contribution in [3.8, 4) is 0 Å². The minimum atomic E-state index is -0.866. The van der Waals surface area contributed by atoms with Crippen LogP contribution in [0.2, 0.25) is 0 Å². The molecule has 0 unspecified atom stereocenters. The molecule has 1 N–H and O–H groups in total. The van der Waals surface area contributed by atoms with Crippen molar-refractivity contribution >= 4 is 18.0 Å². The lowest BCUT2D eigenvalue weighted by atomic mass is 9.92. The van der Waals surface area contributed by atoms with Gasteiger partial charge in [-0.1, -0.05) is 12.2 Å². The molecule has 1 aliphatic heterocycles. The van der Waals surface area contributed by atoms with Gasteiger partial charge in [0.15, 0.2) is 0 Å². The first-order valence-corrected chi connectivity index (χ1v) is 9.26. The first-order chi connectivity index (χ1) is 12.6. The molecule has 0 saturated carbocycles. The number of methoxy groups -OCH3 is 1. The van der Waals surface area contributed by atoms with Crippen molar-refractivity contribution in [3.63, 3.8) is 0 Å². The van der Waals surface area contributed by atoms with Gasteiger partial charge in [0, 0.05) is 6.04 Å². The Hall–Kier alpha value is -2.31. The fourth-order valence-corrected chi connectivity index (χ4v) is 3.22. The van der Waals surface area contributed by atoms with Gasteiger partial charge in [-0.15, -0.1) is 13.2 Å². The lowest BCUT2D eigenvalue weighted by molar-refractivity contribution is -0.158. The predicted octanol–water partition coefficient (Wildman–Crippen LogP) is 2.95. The quantitative estimate of drug-likeness (QED) is 0.542. The van der Waals surface area contributed by atoms with Crippen LogP contribution in [0.4, 0.5) is 4.79 Å². The zero-order valence-corrected chi connectivity index (χ0v) is 16.8. The maximum Gasteiger partial charge on any atom is 0.408 e. The van der Waals surface area contributed by atoms with E-state index < -0.39 is 29.7 Å². The van der Waals surface area contributed by atoms with E-state index in [1.165, 1.54) is 7.11 Å². The van der Waals surface area contributed by atoms with E-state index in [0.29, 0.717) is 12.8 Å². The molecule has 0 aromatic carbocycles. The van der Waals surface area contributed by atoms with E-state index in [-0.39, 0.29) is 18.4 Å². The molecule has 3 atom stereocenters. The van der Waals surface area contributed by atoms with Gasteiger partial charge in [0.05, 0.1) is 7.11 Å². The first kappa shape index (κ1) is 22.7. The fraction of sp³-hybridized carbons (Fsp3) is 0.650. The Bertz CT molecular complexity index is 567. The molecule has 0 spiro atoms. The number of piperidine rings is 1. The van der Waals surface area contributed by atoms with Crippen LogP contribution in [0.25, 0.3) is 0 Å². The van der Waals surface area contributed by atoms with Crippen molar-refractivity contribution < 1.29 is 23.9 Å². The van der Waals surface area contributed by atoms with Gasteiger partial charge in [-0.25, -0.2) is 9.59 Å². The minimum Gasteiger partial charge on any atom is -0.467 e. The smallest absolute Gasteiger partial charge is 0.408 e. The highest BCUT2D eigenvalue weighted by atomic mass is 16.6. The SMILES string of the molecule is C=CC[C@H]1CCC[C@@H](C(=O)OC)N1C(=O)[C@H](CC=C)NC(=O)OC(C)(C)C. The van der Waals surface area contributed by atoms with Crippen molar-refractivity contribution in [1.82, 2.24) is 10.2 Å².